The zero-order valence-corrected chi connectivity index (χ0v) is 23.3. The number of nitrogens with zero attached hydrogens (tertiary/aromatic N) is 4. The number of carbonyl (C=O) groups excluding carboxylic acids is 1. The molecule has 1 atom stereocenters. The lowest BCUT2D eigenvalue weighted by molar-refractivity contribution is -0.132. The van der Waals surface area contributed by atoms with Crippen LogP contribution in [-0.4, -0.2) is 49.0 Å². The highest BCUT2D eigenvalue weighted by molar-refractivity contribution is 7.21. The second-order valence-electron chi connectivity index (χ2n) is 11.0. The van der Waals surface area contributed by atoms with Gasteiger partial charge in [0.1, 0.15) is 11.4 Å². The Balaban J connectivity index is 1.52. The van der Waals surface area contributed by atoms with Gasteiger partial charge in [0.05, 0.1) is 27.3 Å². The number of fused-ring (bicyclic) bond motifs is 1. The van der Waals surface area contributed by atoms with E-state index in [1.165, 1.54) is 36.2 Å². The molecule has 4 heterocycles. The maximum absolute atomic E-state index is 13.6. The number of benzene rings is 1. The summed E-state index contributed by atoms with van der Waals surface area (Å²) < 4.78 is 3.13. The maximum Gasteiger partial charge on any atom is 0.345 e. The van der Waals surface area contributed by atoms with Crippen molar-refractivity contribution in [3.63, 3.8) is 0 Å². The van der Waals surface area contributed by atoms with Crippen LogP contribution in [0.4, 0.5) is 0 Å². The third-order valence-corrected chi connectivity index (χ3v) is 9.62. The van der Waals surface area contributed by atoms with Crippen LogP contribution in [0.15, 0.2) is 42.7 Å². The van der Waals surface area contributed by atoms with E-state index < -0.39 is 5.97 Å². The van der Waals surface area contributed by atoms with Crippen LogP contribution in [0.3, 0.4) is 0 Å². The molecule has 202 valence electrons. The molecule has 2 fully saturated rings. The van der Waals surface area contributed by atoms with Crippen LogP contribution in [0, 0.1) is 6.92 Å². The highest BCUT2D eigenvalue weighted by Crippen LogP contribution is 2.47. The Morgan fingerprint density at radius 1 is 1.00 bits per heavy atom. The van der Waals surface area contributed by atoms with E-state index in [9.17, 15) is 14.7 Å². The number of hydrogen-bond acceptors (Lipinski definition) is 5. The third-order valence-electron chi connectivity index (χ3n) is 8.48. The topological polar surface area (TPSA) is 88.3 Å². The minimum Gasteiger partial charge on any atom is -0.477 e. The van der Waals surface area contributed by atoms with Crippen LogP contribution < -0.4 is 0 Å². The smallest absolute Gasteiger partial charge is 0.345 e. The first-order chi connectivity index (χ1) is 18.9. The Bertz CT molecular complexity index is 1530. The lowest BCUT2D eigenvalue weighted by atomic mass is 9.83. The Morgan fingerprint density at radius 2 is 1.72 bits per heavy atom. The van der Waals surface area contributed by atoms with Crippen LogP contribution in [0.1, 0.15) is 78.7 Å². The Morgan fingerprint density at radius 3 is 2.38 bits per heavy atom. The van der Waals surface area contributed by atoms with Crippen molar-refractivity contribution < 1.29 is 14.7 Å². The normalized spacial score (nSPS) is 18.2. The van der Waals surface area contributed by atoms with Gasteiger partial charge in [0.2, 0.25) is 5.91 Å². The summed E-state index contributed by atoms with van der Waals surface area (Å²) in [5.41, 5.74) is 6.92. The van der Waals surface area contributed by atoms with Crippen molar-refractivity contribution >= 4 is 33.4 Å². The van der Waals surface area contributed by atoms with Crippen LogP contribution in [0.25, 0.3) is 32.7 Å². The molecule has 0 spiro atoms. The first kappa shape index (κ1) is 25.7. The summed E-state index contributed by atoms with van der Waals surface area (Å²) in [7, 11) is 0. The van der Waals surface area contributed by atoms with Gasteiger partial charge in [-0.2, -0.15) is 0 Å². The van der Waals surface area contributed by atoms with Gasteiger partial charge in [0, 0.05) is 30.5 Å². The van der Waals surface area contributed by atoms with E-state index in [1.54, 1.807) is 18.5 Å². The molecule has 1 saturated heterocycles. The third kappa shape index (κ3) is 4.75. The molecule has 0 radical (unpaired) electrons. The molecule has 1 unspecified atom stereocenters. The Kier molecular flexibility index (Phi) is 6.97. The van der Waals surface area contributed by atoms with Crippen molar-refractivity contribution in [2.24, 2.45) is 0 Å². The van der Waals surface area contributed by atoms with Gasteiger partial charge in [-0.3, -0.25) is 14.8 Å². The molecule has 3 aromatic heterocycles. The zero-order chi connectivity index (χ0) is 27.1. The van der Waals surface area contributed by atoms with Crippen molar-refractivity contribution in [1.29, 1.82) is 0 Å². The molecule has 1 aliphatic carbocycles. The zero-order valence-electron chi connectivity index (χ0n) is 22.5. The SMILES string of the molecule is Cc1nccnc1-c1ccc(-c2c(C3CCCCC3)c3sc(C(=O)O)cc3n2CC(=O)N2CCCC2C)cc1. The number of thiophene rings is 1. The van der Waals surface area contributed by atoms with Crippen molar-refractivity contribution in [2.45, 2.75) is 77.3 Å². The van der Waals surface area contributed by atoms with Crippen molar-refractivity contribution in [3.8, 4) is 22.5 Å². The number of likely N-dealkylation sites (tertiary alicyclic amines) is 1. The molecule has 1 saturated carbocycles. The Labute approximate surface area is 232 Å². The fraction of sp³-hybridized carbons (Fsp3) is 0.419. The average Bonchev–Trinajstić information content (AvgIpc) is 3.64. The van der Waals surface area contributed by atoms with Gasteiger partial charge >= 0.3 is 5.97 Å². The number of carboxylic acid groups (broad SMARTS) is 1. The van der Waals surface area contributed by atoms with Gasteiger partial charge in [-0.05, 0) is 62.6 Å². The summed E-state index contributed by atoms with van der Waals surface area (Å²) in [6.07, 6.45) is 11.2. The number of carbonyl (C=O) groups is 2. The predicted octanol–water partition coefficient (Wildman–Crippen LogP) is 6.89. The number of rotatable bonds is 6. The largest absolute Gasteiger partial charge is 0.477 e. The number of hydrogen-bond donors (Lipinski definition) is 1. The molecule has 1 aliphatic heterocycles. The fourth-order valence-electron chi connectivity index (χ4n) is 6.51. The van der Waals surface area contributed by atoms with Crippen molar-refractivity contribution in [2.75, 3.05) is 6.54 Å². The van der Waals surface area contributed by atoms with E-state index in [4.69, 9.17) is 0 Å². The molecule has 7 nitrogen and oxygen atoms in total. The van der Waals surface area contributed by atoms with Crippen LogP contribution in [-0.2, 0) is 11.3 Å². The van der Waals surface area contributed by atoms with Gasteiger partial charge in [-0.15, -0.1) is 11.3 Å². The van der Waals surface area contributed by atoms with E-state index in [-0.39, 0.29) is 18.5 Å². The van der Waals surface area contributed by atoms with Gasteiger partial charge in [-0.25, -0.2) is 4.79 Å². The van der Waals surface area contributed by atoms with E-state index >= 15 is 0 Å². The van der Waals surface area contributed by atoms with E-state index in [0.717, 1.165) is 70.7 Å². The lowest BCUT2D eigenvalue weighted by Crippen LogP contribution is -2.36. The number of amides is 1. The molecule has 1 amide bonds. The van der Waals surface area contributed by atoms with Gasteiger partial charge in [-0.1, -0.05) is 43.5 Å². The average molecular weight is 543 g/mol. The molecule has 39 heavy (non-hydrogen) atoms. The summed E-state index contributed by atoms with van der Waals surface area (Å²) in [6.45, 7) is 5.07. The minimum atomic E-state index is -0.915. The number of aromatic nitrogens is 3. The number of aryl methyl sites for hydroxylation is 1. The second-order valence-corrected chi connectivity index (χ2v) is 12.0. The van der Waals surface area contributed by atoms with Crippen molar-refractivity contribution in [3.05, 3.63) is 58.9 Å². The molecular weight excluding hydrogens is 508 g/mol. The first-order valence-electron chi connectivity index (χ1n) is 14.0. The molecule has 1 N–H and O–H groups in total. The van der Waals surface area contributed by atoms with Gasteiger partial charge < -0.3 is 14.6 Å². The predicted molar refractivity (Wildman–Crippen MR) is 154 cm³/mol. The minimum absolute atomic E-state index is 0.100. The molecule has 1 aromatic carbocycles. The van der Waals surface area contributed by atoms with Gasteiger partial charge in [0.25, 0.3) is 0 Å². The fourth-order valence-corrected chi connectivity index (χ4v) is 7.63. The summed E-state index contributed by atoms with van der Waals surface area (Å²) in [4.78, 5) is 36.9. The highest BCUT2D eigenvalue weighted by Gasteiger charge is 2.31. The van der Waals surface area contributed by atoms with Crippen LogP contribution in [0.2, 0.25) is 0 Å². The summed E-state index contributed by atoms with van der Waals surface area (Å²) in [5.74, 6) is -0.467. The molecule has 2 aliphatic rings. The number of carboxylic acids is 1. The molecule has 4 aromatic rings. The van der Waals surface area contributed by atoms with Crippen molar-refractivity contribution in [1.82, 2.24) is 19.4 Å². The van der Waals surface area contributed by atoms with Crippen LogP contribution in [0.5, 0.6) is 0 Å². The van der Waals surface area contributed by atoms with Gasteiger partial charge in [0.15, 0.2) is 0 Å². The van der Waals surface area contributed by atoms with Crippen LogP contribution >= 0.6 is 11.3 Å². The summed E-state index contributed by atoms with van der Waals surface area (Å²) in [5, 5.41) is 9.85. The monoisotopic (exact) mass is 542 g/mol. The molecular formula is C31H34N4O3S. The summed E-state index contributed by atoms with van der Waals surface area (Å²) >= 11 is 1.35. The maximum atomic E-state index is 13.6. The van der Waals surface area contributed by atoms with E-state index in [0.29, 0.717) is 10.8 Å². The molecule has 8 heteroatoms. The van der Waals surface area contributed by atoms with E-state index in [1.807, 2.05) is 11.8 Å². The molecule has 0 bridgehead atoms. The summed E-state index contributed by atoms with van der Waals surface area (Å²) in [6, 6.07) is 10.4. The quantitative estimate of drug-likeness (QED) is 0.287. The second kappa shape index (κ2) is 10.6. The molecule has 6 rings (SSSR count). The standard InChI is InChI=1S/C31H34N4O3S/c1-19-7-6-16-34(19)26(36)18-35-24-17-25(31(37)38)39-30(24)27(21-8-4-3-5-9-21)29(35)23-12-10-22(11-13-23)28-20(2)32-14-15-33-28/h10-15,17,19,21H,3-9,16,18H2,1-2H3,(H,37,38). The Hall–Kier alpha value is -3.52. The highest BCUT2D eigenvalue weighted by atomic mass is 32.1. The lowest BCUT2D eigenvalue weighted by Gasteiger charge is -2.25. The van der Waals surface area contributed by atoms with E-state index in [2.05, 4.69) is 45.7 Å². The number of aromatic carboxylic acids is 1. The first-order valence-corrected chi connectivity index (χ1v) is 14.8.